The van der Waals surface area contributed by atoms with Gasteiger partial charge in [-0.25, -0.2) is 4.39 Å². The van der Waals surface area contributed by atoms with Crippen LogP contribution in [0.4, 0.5) is 4.39 Å². The molecule has 1 aromatic carbocycles. The largest absolute Gasteiger partial charge is 0.207 e. The van der Waals surface area contributed by atoms with Gasteiger partial charge in [0.1, 0.15) is 5.82 Å². The molecule has 0 aliphatic rings. The predicted octanol–water partition coefficient (Wildman–Crippen LogP) is 3.24. The van der Waals surface area contributed by atoms with Crippen molar-refractivity contribution in [3.63, 3.8) is 0 Å². The van der Waals surface area contributed by atoms with Gasteiger partial charge >= 0.3 is 0 Å². The van der Waals surface area contributed by atoms with Gasteiger partial charge in [-0.2, -0.15) is 5.26 Å². The minimum atomic E-state index is -0.553. The lowest BCUT2D eigenvalue weighted by Gasteiger charge is -2.19. The van der Waals surface area contributed by atoms with Crippen molar-refractivity contribution in [2.75, 3.05) is 0 Å². The van der Waals surface area contributed by atoms with Crippen LogP contribution in [0.15, 0.2) is 12.1 Å². The molecular formula is C12H14FN. The van der Waals surface area contributed by atoms with Crippen LogP contribution < -0.4 is 0 Å². The Labute approximate surface area is 84.2 Å². The van der Waals surface area contributed by atoms with E-state index in [0.717, 1.165) is 11.1 Å². The summed E-state index contributed by atoms with van der Waals surface area (Å²) in [5, 5.41) is 8.99. The van der Waals surface area contributed by atoms with E-state index in [0.29, 0.717) is 5.56 Å². The second-order valence-electron chi connectivity index (χ2n) is 4.15. The number of hydrogen-bond acceptors (Lipinski definition) is 1. The summed E-state index contributed by atoms with van der Waals surface area (Å²) in [5.74, 6) is -0.208. The van der Waals surface area contributed by atoms with E-state index in [4.69, 9.17) is 5.26 Å². The molecule has 1 aromatic rings. The molecule has 1 rings (SSSR count). The number of halogens is 1. The lowest BCUT2D eigenvalue weighted by molar-refractivity contribution is 0.609. The zero-order chi connectivity index (χ0) is 10.9. The molecule has 74 valence electrons. The first-order chi connectivity index (χ1) is 6.38. The van der Waals surface area contributed by atoms with Gasteiger partial charge in [-0.3, -0.25) is 0 Å². The second kappa shape index (κ2) is 3.42. The maximum Gasteiger partial charge on any atom is 0.126 e. The highest BCUT2D eigenvalue weighted by Crippen LogP contribution is 2.27. The zero-order valence-electron chi connectivity index (χ0n) is 8.98. The summed E-state index contributed by atoms with van der Waals surface area (Å²) in [6.45, 7) is 7.22. The van der Waals surface area contributed by atoms with Crippen molar-refractivity contribution in [3.8, 4) is 6.07 Å². The molecule has 0 atom stereocenters. The van der Waals surface area contributed by atoms with Crippen LogP contribution in [0, 0.1) is 31.0 Å². The molecule has 0 aliphatic heterocycles. The van der Waals surface area contributed by atoms with Crippen LogP contribution in [0.1, 0.15) is 30.5 Å². The van der Waals surface area contributed by atoms with Gasteiger partial charge in [-0.05, 0) is 50.5 Å². The summed E-state index contributed by atoms with van der Waals surface area (Å²) in [6.07, 6.45) is 0. The second-order valence-corrected chi connectivity index (χ2v) is 4.15. The smallest absolute Gasteiger partial charge is 0.126 e. The third-order valence-electron chi connectivity index (χ3n) is 2.46. The fraction of sp³-hybridized carbons (Fsp3) is 0.417. The molecule has 0 aromatic heterocycles. The van der Waals surface area contributed by atoms with Crippen LogP contribution in [-0.4, -0.2) is 0 Å². The van der Waals surface area contributed by atoms with E-state index in [2.05, 4.69) is 6.07 Å². The summed E-state index contributed by atoms with van der Waals surface area (Å²) in [5.41, 5.74) is 1.77. The van der Waals surface area contributed by atoms with Crippen molar-refractivity contribution in [2.24, 2.45) is 0 Å². The maximum absolute atomic E-state index is 13.2. The molecule has 2 heteroatoms. The highest BCUT2D eigenvalue weighted by Gasteiger charge is 2.22. The molecule has 0 bridgehead atoms. The van der Waals surface area contributed by atoms with Gasteiger partial charge in [0, 0.05) is 0 Å². The summed E-state index contributed by atoms with van der Waals surface area (Å²) >= 11 is 0. The van der Waals surface area contributed by atoms with E-state index < -0.39 is 5.41 Å². The summed E-state index contributed by atoms with van der Waals surface area (Å²) < 4.78 is 13.2. The van der Waals surface area contributed by atoms with Crippen molar-refractivity contribution in [3.05, 3.63) is 34.6 Å². The zero-order valence-corrected chi connectivity index (χ0v) is 8.98. The highest BCUT2D eigenvalue weighted by atomic mass is 19.1. The van der Waals surface area contributed by atoms with Gasteiger partial charge < -0.3 is 0 Å². The van der Waals surface area contributed by atoms with E-state index in [1.165, 1.54) is 6.07 Å². The van der Waals surface area contributed by atoms with E-state index in [1.807, 2.05) is 20.8 Å². The van der Waals surface area contributed by atoms with Crippen molar-refractivity contribution >= 4 is 0 Å². The van der Waals surface area contributed by atoms with E-state index in [1.54, 1.807) is 13.0 Å². The Morgan fingerprint density at radius 3 is 2.29 bits per heavy atom. The Kier molecular flexibility index (Phi) is 2.62. The molecule has 0 heterocycles. The normalized spacial score (nSPS) is 11.1. The SMILES string of the molecule is Cc1cc(C(C)(C)C#N)c(C)cc1F. The molecule has 1 nitrogen and oxygen atoms in total. The number of nitrogens with zero attached hydrogens (tertiary/aromatic N) is 1. The molecule has 0 aliphatic carbocycles. The molecule has 0 fully saturated rings. The van der Waals surface area contributed by atoms with Crippen LogP contribution in [0.25, 0.3) is 0 Å². The van der Waals surface area contributed by atoms with Crippen LogP contribution in [-0.2, 0) is 5.41 Å². The number of hydrogen-bond donors (Lipinski definition) is 0. The van der Waals surface area contributed by atoms with Crippen molar-refractivity contribution < 1.29 is 4.39 Å². The Balaban J connectivity index is 3.38. The quantitative estimate of drug-likeness (QED) is 0.668. The molecule has 0 spiro atoms. The van der Waals surface area contributed by atoms with Gasteiger partial charge in [0.2, 0.25) is 0 Å². The van der Waals surface area contributed by atoms with E-state index in [9.17, 15) is 4.39 Å². The van der Waals surface area contributed by atoms with Crippen molar-refractivity contribution in [1.29, 1.82) is 5.26 Å². The maximum atomic E-state index is 13.2. The fourth-order valence-electron chi connectivity index (χ4n) is 1.51. The van der Waals surface area contributed by atoms with Crippen LogP contribution in [0.3, 0.4) is 0 Å². The minimum Gasteiger partial charge on any atom is -0.207 e. The number of rotatable bonds is 1. The van der Waals surface area contributed by atoms with Crippen molar-refractivity contribution in [2.45, 2.75) is 33.1 Å². The average Bonchev–Trinajstić information content (AvgIpc) is 2.11. The first-order valence-corrected chi connectivity index (χ1v) is 4.57. The van der Waals surface area contributed by atoms with Crippen molar-refractivity contribution in [1.82, 2.24) is 0 Å². The predicted molar refractivity (Wildman–Crippen MR) is 54.5 cm³/mol. The molecular weight excluding hydrogens is 177 g/mol. The third kappa shape index (κ3) is 1.77. The monoisotopic (exact) mass is 191 g/mol. The molecule has 0 saturated heterocycles. The number of nitriles is 1. The average molecular weight is 191 g/mol. The Hall–Kier alpha value is -1.36. The topological polar surface area (TPSA) is 23.8 Å². The summed E-state index contributed by atoms with van der Waals surface area (Å²) in [6, 6.07) is 5.47. The van der Waals surface area contributed by atoms with Gasteiger partial charge in [0.05, 0.1) is 11.5 Å². The molecule has 0 amide bonds. The first kappa shape index (κ1) is 10.7. The van der Waals surface area contributed by atoms with Gasteiger partial charge in [0.25, 0.3) is 0 Å². The number of aryl methyl sites for hydroxylation is 2. The summed E-state index contributed by atoms with van der Waals surface area (Å²) in [7, 11) is 0. The minimum absolute atomic E-state index is 0.208. The highest BCUT2D eigenvalue weighted by molar-refractivity contribution is 5.40. The fourth-order valence-corrected chi connectivity index (χ4v) is 1.51. The molecule has 14 heavy (non-hydrogen) atoms. The molecule has 0 unspecified atom stereocenters. The lowest BCUT2D eigenvalue weighted by atomic mass is 9.82. The van der Waals surface area contributed by atoms with Crippen LogP contribution >= 0.6 is 0 Å². The van der Waals surface area contributed by atoms with Crippen LogP contribution in [0.2, 0.25) is 0 Å². The van der Waals surface area contributed by atoms with Gasteiger partial charge in [0.15, 0.2) is 0 Å². The van der Waals surface area contributed by atoms with Crippen LogP contribution in [0.5, 0.6) is 0 Å². The molecule has 0 radical (unpaired) electrons. The third-order valence-corrected chi connectivity index (χ3v) is 2.46. The standard InChI is InChI=1S/C12H14FN/c1-8-6-11(13)9(2)5-10(8)12(3,4)7-14/h5-6H,1-4H3. The summed E-state index contributed by atoms with van der Waals surface area (Å²) in [4.78, 5) is 0. The van der Waals surface area contributed by atoms with E-state index in [-0.39, 0.29) is 5.82 Å². The molecule has 0 saturated carbocycles. The Morgan fingerprint density at radius 2 is 1.79 bits per heavy atom. The van der Waals surface area contributed by atoms with Gasteiger partial charge in [-0.15, -0.1) is 0 Å². The molecule has 0 N–H and O–H groups in total. The first-order valence-electron chi connectivity index (χ1n) is 4.57. The van der Waals surface area contributed by atoms with Gasteiger partial charge in [-0.1, -0.05) is 6.07 Å². The Bertz CT molecular complexity index is 400. The van der Waals surface area contributed by atoms with E-state index >= 15 is 0 Å². The lowest BCUT2D eigenvalue weighted by Crippen LogP contribution is -2.16. The Morgan fingerprint density at radius 1 is 1.21 bits per heavy atom. The number of benzene rings is 1.